The van der Waals surface area contributed by atoms with Gasteiger partial charge in [0.2, 0.25) is 5.91 Å². The van der Waals surface area contributed by atoms with E-state index in [1.165, 1.54) is 23.3 Å². The molecule has 1 aromatic heterocycles. The number of carbonyl (C=O) groups excluding carboxylic acids is 4. The number of methoxy groups -OCH3 is 1. The van der Waals surface area contributed by atoms with Gasteiger partial charge in [0.1, 0.15) is 11.7 Å². The first-order valence-electron chi connectivity index (χ1n) is 11.9. The van der Waals surface area contributed by atoms with Gasteiger partial charge in [-0.25, -0.2) is 9.80 Å². The number of fused-ring (bicyclic) bond motifs is 2. The minimum atomic E-state index is -0.947. The van der Waals surface area contributed by atoms with Crippen molar-refractivity contribution in [1.29, 1.82) is 0 Å². The molecule has 0 saturated carbocycles. The Bertz CT molecular complexity index is 1020. The Hall–Kier alpha value is -3.49. The van der Waals surface area contributed by atoms with Crippen LogP contribution in [0.1, 0.15) is 63.9 Å². The third-order valence-corrected chi connectivity index (χ3v) is 5.53. The van der Waals surface area contributed by atoms with E-state index in [0.717, 1.165) is 5.39 Å². The van der Waals surface area contributed by atoms with Gasteiger partial charge in [0, 0.05) is 24.5 Å². The van der Waals surface area contributed by atoms with Crippen molar-refractivity contribution in [2.45, 2.75) is 65.5 Å². The first kappa shape index (κ1) is 26.8. The van der Waals surface area contributed by atoms with Crippen LogP contribution in [0.15, 0.2) is 36.5 Å². The van der Waals surface area contributed by atoms with Gasteiger partial charge >= 0.3 is 5.97 Å². The molecule has 3 heterocycles. The highest BCUT2D eigenvalue weighted by molar-refractivity contribution is 6.06. The van der Waals surface area contributed by atoms with Crippen LogP contribution in [0, 0.1) is 0 Å². The van der Waals surface area contributed by atoms with Crippen molar-refractivity contribution in [3.63, 3.8) is 0 Å². The molecule has 0 unspecified atom stereocenters. The van der Waals surface area contributed by atoms with Gasteiger partial charge in [0.25, 0.3) is 11.8 Å². The molecule has 2 saturated heterocycles. The van der Waals surface area contributed by atoms with Crippen LogP contribution < -0.4 is 5.32 Å². The molecule has 0 aliphatic carbocycles. The highest BCUT2D eigenvalue weighted by Gasteiger charge is 2.45. The Labute approximate surface area is 200 Å². The Morgan fingerprint density at radius 1 is 1.06 bits per heavy atom. The summed E-state index contributed by atoms with van der Waals surface area (Å²) in [6, 6.07) is 7.30. The third kappa shape index (κ3) is 5.52. The average molecular weight is 471 g/mol. The molecule has 2 aliphatic rings. The molecule has 34 heavy (non-hydrogen) atoms. The molecule has 184 valence electrons. The zero-order valence-corrected chi connectivity index (χ0v) is 20.5. The van der Waals surface area contributed by atoms with Crippen LogP contribution in [-0.4, -0.2) is 64.4 Å². The van der Waals surface area contributed by atoms with Crippen molar-refractivity contribution in [2.24, 2.45) is 0 Å². The molecule has 4 rings (SSSR count). The maximum absolute atomic E-state index is 13.3. The number of hydrogen-bond acceptors (Lipinski definition) is 6. The number of hydrazine groups is 1. The summed E-state index contributed by atoms with van der Waals surface area (Å²) < 4.78 is 4.83. The third-order valence-electron chi connectivity index (χ3n) is 5.53. The molecular weight excluding hydrogens is 436 g/mol. The summed E-state index contributed by atoms with van der Waals surface area (Å²) in [4.78, 5) is 55.2. The van der Waals surface area contributed by atoms with Crippen LogP contribution in [0.2, 0.25) is 0 Å². The monoisotopic (exact) mass is 470 g/mol. The van der Waals surface area contributed by atoms with Crippen LogP contribution in [0.5, 0.6) is 0 Å². The molecule has 1 aromatic carbocycles. The number of carbonyl (C=O) groups is 4. The lowest BCUT2D eigenvalue weighted by atomic mass is 10.1. The molecule has 1 N–H and O–H groups in total. The summed E-state index contributed by atoms with van der Waals surface area (Å²) in [6.45, 7) is 8.35. The Kier molecular flexibility index (Phi) is 9.97. The maximum Gasteiger partial charge on any atom is 0.330 e. The molecule has 3 amide bonds. The number of nitrogens with one attached hydrogen (secondary N) is 1. The van der Waals surface area contributed by atoms with Crippen molar-refractivity contribution in [3.05, 3.63) is 42.2 Å². The first-order valence-corrected chi connectivity index (χ1v) is 11.9. The summed E-state index contributed by atoms with van der Waals surface area (Å²) in [7, 11) is 1.25. The zero-order chi connectivity index (χ0) is 25.3. The van der Waals surface area contributed by atoms with Crippen LogP contribution >= 0.6 is 0 Å². The van der Waals surface area contributed by atoms with Gasteiger partial charge in [0.15, 0.2) is 6.04 Å². The summed E-state index contributed by atoms with van der Waals surface area (Å²) in [6.07, 6.45) is 2.76. The number of aromatic nitrogens is 1. The van der Waals surface area contributed by atoms with Gasteiger partial charge in [0.05, 0.1) is 7.11 Å². The lowest BCUT2D eigenvalue weighted by Crippen LogP contribution is -2.62. The maximum atomic E-state index is 13.3. The fraction of sp³-hybridized carbons (Fsp3) is 0.480. The van der Waals surface area contributed by atoms with Crippen LogP contribution in [0.4, 0.5) is 0 Å². The van der Waals surface area contributed by atoms with E-state index in [4.69, 9.17) is 4.74 Å². The Balaban J connectivity index is 0.000000970. The lowest BCUT2D eigenvalue weighted by molar-refractivity contribution is -0.181. The van der Waals surface area contributed by atoms with E-state index in [0.29, 0.717) is 24.8 Å². The molecule has 2 fully saturated rings. The van der Waals surface area contributed by atoms with Crippen molar-refractivity contribution in [2.75, 3.05) is 13.7 Å². The lowest BCUT2D eigenvalue weighted by Gasteiger charge is -2.42. The van der Waals surface area contributed by atoms with E-state index in [9.17, 15) is 19.2 Å². The van der Waals surface area contributed by atoms with E-state index in [-0.39, 0.29) is 24.4 Å². The Morgan fingerprint density at radius 3 is 2.47 bits per heavy atom. The molecule has 9 heteroatoms. The molecule has 2 aromatic rings. The number of ether oxygens (including phenoxy) is 1. The largest absolute Gasteiger partial charge is 0.467 e. The second-order valence-electron chi connectivity index (χ2n) is 7.33. The number of nitrogens with zero attached hydrogens (tertiary/aromatic N) is 3. The Morgan fingerprint density at radius 2 is 1.76 bits per heavy atom. The van der Waals surface area contributed by atoms with Crippen molar-refractivity contribution in [1.82, 2.24) is 20.3 Å². The van der Waals surface area contributed by atoms with Crippen molar-refractivity contribution >= 4 is 34.5 Å². The van der Waals surface area contributed by atoms with E-state index >= 15 is 0 Å². The minimum Gasteiger partial charge on any atom is -0.467 e. The van der Waals surface area contributed by atoms with Gasteiger partial charge in [-0.3, -0.25) is 24.4 Å². The van der Waals surface area contributed by atoms with E-state index in [1.54, 1.807) is 12.1 Å². The normalized spacial score (nSPS) is 19.6. The number of amides is 3. The van der Waals surface area contributed by atoms with Crippen LogP contribution in [0.25, 0.3) is 10.8 Å². The van der Waals surface area contributed by atoms with Gasteiger partial charge in [-0.05, 0) is 30.7 Å². The first-order chi connectivity index (χ1) is 16.5. The summed E-state index contributed by atoms with van der Waals surface area (Å²) in [5.41, 5.74) is 0.205. The molecular formula is C25H34N4O5. The average Bonchev–Trinajstić information content (AvgIpc) is 3.02. The second-order valence-corrected chi connectivity index (χ2v) is 7.33. The quantitative estimate of drug-likeness (QED) is 0.691. The number of rotatable bonds is 3. The molecule has 9 nitrogen and oxygen atoms in total. The highest BCUT2D eigenvalue weighted by Crippen LogP contribution is 2.26. The summed E-state index contributed by atoms with van der Waals surface area (Å²) in [5, 5.41) is 6.74. The number of hydrogen-bond donors (Lipinski definition) is 1. The van der Waals surface area contributed by atoms with E-state index < -0.39 is 29.9 Å². The zero-order valence-electron chi connectivity index (χ0n) is 20.5. The second kappa shape index (κ2) is 12.7. The predicted octanol–water partition coefficient (Wildman–Crippen LogP) is 3.09. The highest BCUT2D eigenvalue weighted by atomic mass is 16.5. The molecule has 2 atom stereocenters. The predicted molar refractivity (Wildman–Crippen MR) is 129 cm³/mol. The van der Waals surface area contributed by atoms with E-state index in [2.05, 4.69) is 10.3 Å². The summed E-state index contributed by atoms with van der Waals surface area (Å²) >= 11 is 0. The topological polar surface area (TPSA) is 109 Å². The summed E-state index contributed by atoms with van der Waals surface area (Å²) in [5.74, 6) is -1.83. The number of benzene rings is 1. The molecule has 2 aliphatic heterocycles. The van der Waals surface area contributed by atoms with Gasteiger partial charge in [-0.2, -0.15) is 0 Å². The van der Waals surface area contributed by atoms with Gasteiger partial charge < -0.3 is 10.1 Å². The fourth-order valence-corrected chi connectivity index (χ4v) is 4.04. The molecule has 0 bridgehead atoms. The van der Waals surface area contributed by atoms with Crippen molar-refractivity contribution in [3.8, 4) is 0 Å². The standard InChI is InChI=1S/C21H22N4O5.2C2H6/c1-30-21(29)16-7-4-12-24-17(26)9-8-15(20(28)25(16)24)23-19(27)18-14-6-3-2-5-13(14)10-11-22-18;2*1-2/h2-3,5-6,10-11,15-16H,4,7-9,12H2,1H3,(H,23,27);2*1-2H3/t15-,16-;;/m0../s1. The smallest absolute Gasteiger partial charge is 0.330 e. The fourth-order valence-electron chi connectivity index (χ4n) is 4.04. The van der Waals surface area contributed by atoms with Crippen molar-refractivity contribution < 1.29 is 23.9 Å². The van der Waals surface area contributed by atoms with E-state index in [1.807, 2.05) is 45.9 Å². The van der Waals surface area contributed by atoms with Crippen LogP contribution in [0.3, 0.4) is 0 Å². The van der Waals surface area contributed by atoms with Crippen LogP contribution in [-0.2, 0) is 19.1 Å². The van der Waals surface area contributed by atoms with Gasteiger partial charge in [-0.15, -0.1) is 0 Å². The SMILES string of the molecule is CC.CC.COC(=O)[C@@H]1CCCN2C(=O)CC[C@H](NC(=O)c3nccc4ccccc34)C(=O)N12. The minimum absolute atomic E-state index is 0.0873. The molecule has 0 spiro atoms. The number of pyridine rings is 1. The number of esters is 1. The van der Waals surface area contributed by atoms with Gasteiger partial charge in [-0.1, -0.05) is 52.0 Å². The molecule has 0 radical (unpaired) electrons.